The topological polar surface area (TPSA) is 71.5 Å². The smallest absolute Gasteiger partial charge is 0.411 e. The van der Waals surface area contributed by atoms with Crippen molar-refractivity contribution < 1.29 is 27.8 Å². The van der Waals surface area contributed by atoms with Crippen LogP contribution in [0.2, 0.25) is 0 Å². The van der Waals surface area contributed by atoms with Crippen LogP contribution in [0.3, 0.4) is 0 Å². The Kier molecular flexibility index (Phi) is 4.90. The Morgan fingerprint density at radius 3 is 2.83 bits per heavy atom. The highest BCUT2D eigenvalue weighted by Crippen LogP contribution is 2.14. The third-order valence-corrected chi connectivity index (χ3v) is 1.80. The molecule has 100 valence electrons. The number of aromatic hydroxyl groups is 1. The SMILES string of the molecule is O=C(NCCOCC(F)(F)F)c1ncccc1O. The molecule has 0 aliphatic carbocycles. The molecule has 0 saturated heterocycles. The van der Waals surface area contributed by atoms with Crippen molar-refractivity contribution in [2.75, 3.05) is 19.8 Å². The average Bonchev–Trinajstić information content (AvgIpc) is 2.27. The number of alkyl halides is 3. The lowest BCUT2D eigenvalue weighted by Gasteiger charge is -2.08. The van der Waals surface area contributed by atoms with Crippen LogP contribution in [0.15, 0.2) is 18.3 Å². The number of pyridine rings is 1. The van der Waals surface area contributed by atoms with E-state index in [0.717, 1.165) is 0 Å². The molecule has 0 aromatic carbocycles. The van der Waals surface area contributed by atoms with Crippen LogP contribution in [-0.2, 0) is 4.74 Å². The van der Waals surface area contributed by atoms with Gasteiger partial charge in [0.2, 0.25) is 0 Å². The van der Waals surface area contributed by atoms with Crippen molar-refractivity contribution in [3.8, 4) is 5.75 Å². The number of amides is 1. The predicted octanol–water partition coefficient (Wildman–Crippen LogP) is 1.10. The normalized spacial score (nSPS) is 11.3. The number of hydrogen-bond acceptors (Lipinski definition) is 4. The maximum Gasteiger partial charge on any atom is 0.411 e. The lowest BCUT2D eigenvalue weighted by atomic mass is 10.3. The molecule has 0 fully saturated rings. The largest absolute Gasteiger partial charge is 0.505 e. The molecule has 0 aliphatic heterocycles. The zero-order valence-electron chi connectivity index (χ0n) is 9.20. The van der Waals surface area contributed by atoms with Crippen molar-refractivity contribution in [2.24, 2.45) is 0 Å². The fourth-order valence-corrected chi connectivity index (χ4v) is 1.08. The van der Waals surface area contributed by atoms with Crippen LogP contribution < -0.4 is 5.32 Å². The van der Waals surface area contributed by atoms with Gasteiger partial charge in [-0.3, -0.25) is 4.79 Å². The first-order valence-corrected chi connectivity index (χ1v) is 4.97. The number of halogens is 3. The van der Waals surface area contributed by atoms with Crippen molar-refractivity contribution in [3.63, 3.8) is 0 Å². The summed E-state index contributed by atoms with van der Waals surface area (Å²) in [6.45, 7) is -1.75. The summed E-state index contributed by atoms with van der Waals surface area (Å²) in [6, 6.07) is 2.72. The van der Waals surface area contributed by atoms with E-state index in [2.05, 4.69) is 15.0 Å². The van der Waals surface area contributed by atoms with Crippen LogP contribution in [0.25, 0.3) is 0 Å². The molecule has 0 saturated carbocycles. The van der Waals surface area contributed by atoms with E-state index in [9.17, 15) is 23.1 Å². The lowest BCUT2D eigenvalue weighted by Crippen LogP contribution is -2.29. The van der Waals surface area contributed by atoms with Crippen LogP contribution in [0.4, 0.5) is 13.2 Å². The maximum atomic E-state index is 11.7. The molecule has 0 unspecified atom stereocenters. The molecule has 1 aromatic rings. The van der Waals surface area contributed by atoms with E-state index < -0.39 is 18.7 Å². The highest BCUT2D eigenvalue weighted by Gasteiger charge is 2.27. The number of nitrogens with one attached hydrogen (secondary N) is 1. The highest BCUT2D eigenvalue weighted by atomic mass is 19.4. The Hall–Kier alpha value is -1.83. The monoisotopic (exact) mass is 264 g/mol. The minimum Gasteiger partial charge on any atom is -0.505 e. The van der Waals surface area contributed by atoms with E-state index in [1.165, 1.54) is 18.3 Å². The zero-order chi connectivity index (χ0) is 13.6. The second-order valence-corrected chi connectivity index (χ2v) is 3.29. The standard InChI is InChI=1S/C10H11F3N2O3/c11-10(12,13)6-18-5-4-15-9(17)8-7(16)2-1-3-14-8/h1-3,16H,4-6H2,(H,15,17). The number of ether oxygens (including phenoxy) is 1. The fourth-order valence-electron chi connectivity index (χ4n) is 1.08. The summed E-state index contributed by atoms with van der Waals surface area (Å²) >= 11 is 0. The molecule has 2 N–H and O–H groups in total. The molecule has 5 nitrogen and oxygen atoms in total. The van der Waals surface area contributed by atoms with Crippen LogP contribution in [0.5, 0.6) is 5.75 Å². The van der Waals surface area contributed by atoms with Gasteiger partial charge < -0.3 is 15.2 Å². The summed E-state index contributed by atoms with van der Waals surface area (Å²) in [5.74, 6) is -0.977. The molecule has 0 aliphatic rings. The zero-order valence-corrected chi connectivity index (χ0v) is 9.20. The van der Waals surface area contributed by atoms with Crippen molar-refractivity contribution in [1.29, 1.82) is 0 Å². The van der Waals surface area contributed by atoms with Crippen molar-refractivity contribution in [1.82, 2.24) is 10.3 Å². The van der Waals surface area contributed by atoms with Gasteiger partial charge in [0.25, 0.3) is 5.91 Å². The Morgan fingerprint density at radius 1 is 1.50 bits per heavy atom. The van der Waals surface area contributed by atoms with Crippen molar-refractivity contribution >= 4 is 5.91 Å². The summed E-state index contributed by atoms with van der Waals surface area (Å²) in [5.41, 5.74) is -0.187. The first-order chi connectivity index (χ1) is 8.40. The van der Waals surface area contributed by atoms with Crippen LogP contribution in [-0.4, -0.2) is 41.9 Å². The Bertz CT molecular complexity index is 410. The Balaban J connectivity index is 2.28. The van der Waals surface area contributed by atoms with E-state index >= 15 is 0 Å². The number of nitrogens with zero attached hydrogens (tertiary/aromatic N) is 1. The van der Waals surface area contributed by atoms with Crippen molar-refractivity contribution in [3.05, 3.63) is 24.0 Å². The highest BCUT2D eigenvalue weighted by molar-refractivity contribution is 5.94. The van der Waals surface area contributed by atoms with Gasteiger partial charge in [0, 0.05) is 12.7 Å². The van der Waals surface area contributed by atoms with E-state index in [1.807, 2.05) is 0 Å². The third-order valence-electron chi connectivity index (χ3n) is 1.80. The van der Waals surface area contributed by atoms with Gasteiger partial charge >= 0.3 is 6.18 Å². The molecule has 1 rings (SSSR count). The van der Waals surface area contributed by atoms with E-state index in [0.29, 0.717) is 0 Å². The minimum atomic E-state index is -4.39. The van der Waals surface area contributed by atoms with Gasteiger partial charge in [-0.1, -0.05) is 0 Å². The van der Waals surface area contributed by atoms with Gasteiger partial charge in [-0.2, -0.15) is 13.2 Å². The predicted molar refractivity (Wildman–Crippen MR) is 55.1 cm³/mol. The Labute approximate surface area is 101 Å². The number of hydrogen-bond donors (Lipinski definition) is 2. The Morgan fingerprint density at radius 2 is 2.22 bits per heavy atom. The first-order valence-electron chi connectivity index (χ1n) is 4.97. The summed E-state index contributed by atoms with van der Waals surface area (Å²) in [5, 5.41) is 11.6. The average molecular weight is 264 g/mol. The second-order valence-electron chi connectivity index (χ2n) is 3.29. The minimum absolute atomic E-state index is 0.106. The molecule has 8 heteroatoms. The molecular formula is C10H11F3N2O3. The quantitative estimate of drug-likeness (QED) is 0.781. The maximum absolute atomic E-state index is 11.7. The molecule has 1 heterocycles. The lowest BCUT2D eigenvalue weighted by molar-refractivity contribution is -0.173. The van der Waals surface area contributed by atoms with E-state index in [4.69, 9.17) is 0 Å². The van der Waals surface area contributed by atoms with Crippen LogP contribution in [0, 0.1) is 0 Å². The summed E-state index contributed by atoms with van der Waals surface area (Å²) < 4.78 is 39.4. The van der Waals surface area contributed by atoms with Crippen molar-refractivity contribution in [2.45, 2.75) is 6.18 Å². The molecule has 18 heavy (non-hydrogen) atoms. The summed E-state index contributed by atoms with van der Waals surface area (Å²) in [6.07, 6.45) is -3.07. The molecule has 0 bridgehead atoms. The molecule has 0 spiro atoms. The molecule has 0 radical (unpaired) electrons. The van der Waals surface area contributed by atoms with E-state index in [-0.39, 0.29) is 24.6 Å². The fraction of sp³-hybridized carbons (Fsp3) is 0.400. The van der Waals surface area contributed by atoms with Gasteiger partial charge in [0.15, 0.2) is 5.69 Å². The van der Waals surface area contributed by atoms with Gasteiger partial charge in [-0.25, -0.2) is 4.98 Å². The number of aromatic nitrogens is 1. The summed E-state index contributed by atoms with van der Waals surface area (Å²) in [7, 11) is 0. The number of carbonyl (C=O) groups is 1. The van der Waals surface area contributed by atoms with Gasteiger partial charge in [-0.05, 0) is 12.1 Å². The molecular weight excluding hydrogens is 253 g/mol. The molecule has 0 atom stereocenters. The summed E-state index contributed by atoms with van der Waals surface area (Å²) in [4.78, 5) is 15.0. The van der Waals surface area contributed by atoms with E-state index in [1.54, 1.807) is 0 Å². The molecule has 1 aromatic heterocycles. The number of carbonyl (C=O) groups excluding carboxylic acids is 1. The van der Waals surface area contributed by atoms with Gasteiger partial charge in [0.05, 0.1) is 6.61 Å². The number of rotatable bonds is 5. The van der Waals surface area contributed by atoms with Crippen LogP contribution in [0.1, 0.15) is 10.5 Å². The second kappa shape index (κ2) is 6.20. The van der Waals surface area contributed by atoms with Gasteiger partial charge in [-0.15, -0.1) is 0 Å². The molecule has 1 amide bonds. The van der Waals surface area contributed by atoms with Gasteiger partial charge in [0.1, 0.15) is 12.4 Å². The third kappa shape index (κ3) is 5.00. The van der Waals surface area contributed by atoms with Crippen LogP contribution >= 0.6 is 0 Å². The first kappa shape index (κ1) is 14.2.